The zero-order chi connectivity index (χ0) is 13.8. The first-order chi connectivity index (χ1) is 10.4. The van der Waals surface area contributed by atoms with Gasteiger partial charge in [-0.1, -0.05) is 80.2 Å². The first kappa shape index (κ1) is 13.1. The van der Waals surface area contributed by atoms with Crippen molar-refractivity contribution in [1.82, 2.24) is 0 Å². The third-order valence-electron chi connectivity index (χ3n) is 4.66. The molecule has 0 unspecified atom stereocenters. The predicted octanol–water partition coefficient (Wildman–Crippen LogP) is 6.20. The maximum absolute atomic E-state index is 2.30. The minimum Gasteiger partial charge on any atom is -0.0776 e. The average molecular weight is 282 g/mol. The standard InChI is InChI=1S/C21H14.CH4/c1-3-7-18-14(5-1)9-11-16-13-17-12-10-15-6-2-4-8-19(15)21(17)20(16)18;/h1-12H,13H2;1H4. The molecule has 0 nitrogen and oxygen atoms in total. The van der Waals surface area contributed by atoms with Crippen LogP contribution in [0.5, 0.6) is 0 Å². The maximum Gasteiger partial charge on any atom is -0.00130 e. The van der Waals surface area contributed by atoms with E-state index in [1.807, 2.05) is 0 Å². The SMILES string of the molecule is C.c1ccc2c3c(ccc2c1)Cc1ccc2ccccc2c1-3. The summed E-state index contributed by atoms with van der Waals surface area (Å²) in [6.45, 7) is 0. The molecule has 1 aliphatic carbocycles. The van der Waals surface area contributed by atoms with Gasteiger partial charge in [0.15, 0.2) is 0 Å². The second kappa shape index (κ2) is 4.71. The van der Waals surface area contributed by atoms with Crippen molar-refractivity contribution >= 4 is 21.5 Å². The van der Waals surface area contributed by atoms with E-state index in [-0.39, 0.29) is 7.43 Å². The molecule has 22 heavy (non-hydrogen) atoms. The highest BCUT2D eigenvalue weighted by molar-refractivity contribution is 6.09. The predicted molar refractivity (Wildman–Crippen MR) is 96.4 cm³/mol. The highest BCUT2D eigenvalue weighted by atomic mass is 14.3. The second-order valence-corrected chi connectivity index (χ2v) is 5.82. The van der Waals surface area contributed by atoms with Crippen LogP contribution in [0.15, 0.2) is 72.8 Å². The van der Waals surface area contributed by atoms with Gasteiger partial charge < -0.3 is 0 Å². The number of rotatable bonds is 0. The summed E-state index contributed by atoms with van der Waals surface area (Å²) in [7, 11) is 0. The van der Waals surface area contributed by atoms with Crippen LogP contribution in [0.4, 0.5) is 0 Å². The van der Waals surface area contributed by atoms with Gasteiger partial charge in [0.2, 0.25) is 0 Å². The first-order valence-corrected chi connectivity index (χ1v) is 7.43. The van der Waals surface area contributed by atoms with Gasteiger partial charge in [0, 0.05) is 0 Å². The fourth-order valence-corrected chi connectivity index (χ4v) is 3.72. The minimum absolute atomic E-state index is 0. The highest BCUT2D eigenvalue weighted by Gasteiger charge is 2.22. The lowest BCUT2D eigenvalue weighted by molar-refractivity contribution is 1.27. The van der Waals surface area contributed by atoms with E-state index in [4.69, 9.17) is 0 Å². The molecule has 0 saturated heterocycles. The summed E-state index contributed by atoms with van der Waals surface area (Å²) in [4.78, 5) is 0. The molecular formula is C22H18. The van der Waals surface area contributed by atoms with Gasteiger partial charge in [-0.2, -0.15) is 0 Å². The number of hydrogen-bond donors (Lipinski definition) is 0. The summed E-state index contributed by atoms with van der Waals surface area (Å²) in [6.07, 6.45) is 1.06. The first-order valence-electron chi connectivity index (χ1n) is 7.43. The molecule has 0 heteroatoms. The van der Waals surface area contributed by atoms with E-state index in [1.54, 1.807) is 0 Å². The summed E-state index contributed by atoms with van der Waals surface area (Å²) in [6, 6.07) is 26.6. The van der Waals surface area contributed by atoms with Crippen LogP contribution in [0.2, 0.25) is 0 Å². The molecule has 0 aromatic heterocycles. The summed E-state index contributed by atoms with van der Waals surface area (Å²) >= 11 is 0. The topological polar surface area (TPSA) is 0 Å². The maximum atomic E-state index is 2.30. The van der Waals surface area contributed by atoms with Gasteiger partial charge in [-0.05, 0) is 50.2 Å². The molecule has 0 aliphatic heterocycles. The largest absolute Gasteiger partial charge is 0.0776 e. The molecule has 0 atom stereocenters. The Morgan fingerprint density at radius 3 is 1.45 bits per heavy atom. The van der Waals surface area contributed by atoms with Crippen LogP contribution < -0.4 is 0 Å². The molecule has 0 fully saturated rings. The van der Waals surface area contributed by atoms with Gasteiger partial charge in [-0.3, -0.25) is 0 Å². The van der Waals surface area contributed by atoms with Crippen LogP contribution in [0.3, 0.4) is 0 Å². The number of fused-ring (bicyclic) bond motifs is 7. The third kappa shape index (κ3) is 1.64. The molecule has 0 N–H and O–H groups in total. The van der Waals surface area contributed by atoms with E-state index in [2.05, 4.69) is 72.8 Å². The molecule has 4 aromatic carbocycles. The molecule has 5 rings (SSSR count). The molecule has 0 spiro atoms. The number of benzene rings is 4. The summed E-state index contributed by atoms with van der Waals surface area (Å²) in [5, 5.41) is 5.42. The normalized spacial score (nSPS) is 12.0. The molecule has 4 aromatic rings. The van der Waals surface area contributed by atoms with Crippen molar-refractivity contribution in [3.05, 3.63) is 83.9 Å². The van der Waals surface area contributed by atoms with Crippen molar-refractivity contribution in [3.8, 4) is 11.1 Å². The zero-order valence-corrected chi connectivity index (χ0v) is 11.6. The zero-order valence-electron chi connectivity index (χ0n) is 11.6. The van der Waals surface area contributed by atoms with Crippen LogP contribution in [-0.2, 0) is 6.42 Å². The fourth-order valence-electron chi connectivity index (χ4n) is 3.72. The second-order valence-electron chi connectivity index (χ2n) is 5.82. The van der Waals surface area contributed by atoms with Crippen LogP contribution in [0, 0.1) is 0 Å². The van der Waals surface area contributed by atoms with E-state index in [0.29, 0.717) is 0 Å². The average Bonchev–Trinajstić information content (AvgIpc) is 2.94. The van der Waals surface area contributed by atoms with E-state index in [1.165, 1.54) is 43.8 Å². The van der Waals surface area contributed by atoms with E-state index < -0.39 is 0 Å². The highest BCUT2D eigenvalue weighted by Crippen LogP contribution is 2.44. The smallest absolute Gasteiger partial charge is 0.00130 e. The lowest BCUT2D eigenvalue weighted by Gasteiger charge is -2.09. The van der Waals surface area contributed by atoms with E-state index in [0.717, 1.165) is 6.42 Å². The molecular weight excluding hydrogens is 264 g/mol. The van der Waals surface area contributed by atoms with Crippen LogP contribution in [-0.4, -0.2) is 0 Å². The van der Waals surface area contributed by atoms with Crippen LogP contribution in [0.1, 0.15) is 18.6 Å². The summed E-state index contributed by atoms with van der Waals surface area (Å²) < 4.78 is 0. The monoisotopic (exact) mass is 282 g/mol. The van der Waals surface area contributed by atoms with Crippen LogP contribution in [0.25, 0.3) is 32.7 Å². The van der Waals surface area contributed by atoms with Gasteiger partial charge in [-0.15, -0.1) is 0 Å². The molecule has 0 heterocycles. The Bertz CT molecular complexity index is 926. The fraction of sp³-hybridized carbons (Fsp3) is 0.0909. The number of hydrogen-bond acceptors (Lipinski definition) is 0. The van der Waals surface area contributed by atoms with E-state index >= 15 is 0 Å². The minimum atomic E-state index is 0. The third-order valence-corrected chi connectivity index (χ3v) is 4.66. The van der Waals surface area contributed by atoms with Gasteiger partial charge in [-0.25, -0.2) is 0 Å². The van der Waals surface area contributed by atoms with Crippen molar-refractivity contribution in [2.75, 3.05) is 0 Å². The Balaban J connectivity index is 0.00000125. The molecule has 0 bridgehead atoms. The molecule has 0 saturated carbocycles. The molecule has 1 aliphatic rings. The van der Waals surface area contributed by atoms with Gasteiger partial charge in [0.25, 0.3) is 0 Å². The summed E-state index contributed by atoms with van der Waals surface area (Å²) in [5.41, 5.74) is 5.81. The molecule has 0 amide bonds. The Labute approximate surface area is 131 Å². The van der Waals surface area contributed by atoms with Crippen molar-refractivity contribution in [3.63, 3.8) is 0 Å². The Morgan fingerprint density at radius 1 is 0.500 bits per heavy atom. The quantitative estimate of drug-likeness (QED) is 0.317. The Kier molecular flexibility index (Phi) is 2.80. The molecule has 106 valence electrons. The lowest BCUT2D eigenvalue weighted by atomic mass is 9.94. The van der Waals surface area contributed by atoms with Gasteiger partial charge in [0.1, 0.15) is 0 Å². The van der Waals surface area contributed by atoms with Gasteiger partial charge in [0.05, 0.1) is 0 Å². The van der Waals surface area contributed by atoms with Crippen LogP contribution >= 0.6 is 0 Å². The van der Waals surface area contributed by atoms with Crippen molar-refractivity contribution < 1.29 is 0 Å². The lowest BCUT2D eigenvalue weighted by Crippen LogP contribution is -1.83. The van der Waals surface area contributed by atoms with Crippen molar-refractivity contribution in [2.24, 2.45) is 0 Å². The van der Waals surface area contributed by atoms with E-state index in [9.17, 15) is 0 Å². The summed E-state index contributed by atoms with van der Waals surface area (Å²) in [5.74, 6) is 0. The Hall–Kier alpha value is -2.60. The van der Waals surface area contributed by atoms with Gasteiger partial charge >= 0.3 is 0 Å². The van der Waals surface area contributed by atoms with Crippen molar-refractivity contribution in [1.29, 1.82) is 0 Å². The Morgan fingerprint density at radius 2 is 0.955 bits per heavy atom. The molecule has 0 radical (unpaired) electrons. The van der Waals surface area contributed by atoms with Crippen molar-refractivity contribution in [2.45, 2.75) is 13.8 Å².